The van der Waals surface area contributed by atoms with Crippen LogP contribution in [0.5, 0.6) is 0 Å². The molecule has 3 amide bonds. The zero-order valence-electron chi connectivity index (χ0n) is 21.8. The SMILES string of the molecule is CC(C)CC(NC(=O)C(Cc1c[nH]c2ccccc12)NC(=O)C(Cc1cnc[nH]1)NC(=O)C(N)CO)C(=O)O. The molecule has 0 aliphatic rings. The van der Waals surface area contributed by atoms with Crippen molar-refractivity contribution >= 4 is 34.6 Å². The summed E-state index contributed by atoms with van der Waals surface area (Å²) in [5.74, 6) is -3.31. The molecule has 0 bridgehead atoms. The highest BCUT2D eigenvalue weighted by atomic mass is 16.4. The van der Waals surface area contributed by atoms with E-state index < -0.39 is 54.5 Å². The highest BCUT2D eigenvalue weighted by Gasteiger charge is 2.31. The van der Waals surface area contributed by atoms with E-state index in [1.54, 1.807) is 6.20 Å². The lowest BCUT2D eigenvalue weighted by atomic mass is 10.0. The third kappa shape index (κ3) is 8.12. The van der Waals surface area contributed by atoms with Crippen molar-refractivity contribution in [1.82, 2.24) is 30.9 Å². The van der Waals surface area contributed by atoms with Crippen molar-refractivity contribution < 1.29 is 29.4 Å². The summed E-state index contributed by atoms with van der Waals surface area (Å²) < 4.78 is 0. The number of hydrogen-bond donors (Lipinski definition) is 8. The Balaban J connectivity index is 1.88. The van der Waals surface area contributed by atoms with Gasteiger partial charge in [-0.3, -0.25) is 14.4 Å². The number of aliphatic hydroxyl groups excluding tert-OH is 1. The van der Waals surface area contributed by atoms with Gasteiger partial charge in [-0.05, 0) is 24.0 Å². The summed E-state index contributed by atoms with van der Waals surface area (Å²) in [6.45, 7) is 3.06. The van der Waals surface area contributed by atoms with Crippen molar-refractivity contribution in [3.63, 3.8) is 0 Å². The molecule has 39 heavy (non-hydrogen) atoms. The third-order valence-electron chi connectivity index (χ3n) is 6.20. The molecule has 1 aromatic carbocycles. The Bertz CT molecular complexity index is 1270. The normalized spacial score (nSPS) is 14.4. The summed E-state index contributed by atoms with van der Waals surface area (Å²) in [7, 11) is 0. The number of nitrogens with two attached hydrogens (primary N) is 1. The Morgan fingerprint density at radius 3 is 2.21 bits per heavy atom. The van der Waals surface area contributed by atoms with E-state index in [4.69, 9.17) is 5.73 Å². The molecule has 3 rings (SSSR count). The predicted octanol–water partition coefficient (Wildman–Crippen LogP) is -0.419. The maximum Gasteiger partial charge on any atom is 0.326 e. The molecule has 0 saturated heterocycles. The Morgan fingerprint density at radius 2 is 1.59 bits per heavy atom. The summed E-state index contributed by atoms with van der Waals surface area (Å²) in [5, 5.41) is 27.5. The first-order valence-corrected chi connectivity index (χ1v) is 12.6. The van der Waals surface area contributed by atoms with Crippen LogP contribution in [-0.2, 0) is 32.0 Å². The highest BCUT2D eigenvalue weighted by molar-refractivity contribution is 5.95. The van der Waals surface area contributed by atoms with E-state index in [1.807, 2.05) is 38.1 Å². The van der Waals surface area contributed by atoms with Crippen LogP contribution >= 0.6 is 0 Å². The molecule has 3 aromatic rings. The van der Waals surface area contributed by atoms with Crippen molar-refractivity contribution in [2.45, 2.75) is 57.3 Å². The Kier molecular flexibility index (Phi) is 10.2. The van der Waals surface area contributed by atoms with Gasteiger partial charge in [0.05, 0.1) is 12.9 Å². The Labute approximate surface area is 225 Å². The number of para-hydroxylation sites is 1. The van der Waals surface area contributed by atoms with Gasteiger partial charge in [0.15, 0.2) is 0 Å². The molecule has 4 unspecified atom stereocenters. The molecule has 13 heteroatoms. The molecule has 0 aliphatic heterocycles. The van der Waals surface area contributed by atoms with Crippen LogP contribution in [0.2, 0.25) is 0 Å². The molecule has 9 N–H and O–H groups in total. The number of rotatable bonds is 14. The van der Waals surface area contributed by atoms with E-state index >= 15 is 0 Å². The van der Waals surface area contributed by atoms with E-state index in [0.29, 0.717) is 5.69 Å². The minimum atomic E-state index is -1.25. The first-order valence-electron chi connectivity index (χ1n) is 12.6. The minimum Gasteiger partial charge on any atom is -0.480 e. The quantitative estimate of drug-likeness (QED) is 0.134. The van der Waals surface area contributed by atoms with Crippen molar-refractivity contribution in [3.8, 4) is 0 Å². The molecule has 0 radical (unpaired) electrons. The standard InChI is InChI=1S/C26H35N7O6/c1-14(2)7-22(26(38)39)33-24(36)20(8-15-10-29-19-6-4-3-5-17(15)19)32-25(37)21(9-16-11-28-13-30-16)31-23(35)18(27)12-34/h3-6,10-11,13-14,18,20-22,29,34H,7-9,12,27H2,1-2H3,(H,28,30)(H,31,35)(H,32,37)(H,33,36)(H,38,39). The average Bonchev–Trinajstić information content (AvgIpc) is 3.56. The lowest BCUT2D eigenvalue weighted by Crippen LogP contribution is -2.58. The molecular formula is C26H35N7O6. The van der Waals surface area contributed by atoms with E-state index in [9.17, 15) is 29.4 Å². The van der Waals surface area contributed by atoms with Gasteiger partial charge in [-0.25, -0.2) is 9.78 Å². The summed E-state index contributed by atoms with van der Waals surface area (Å²) in [6, 6.07) is 2.71. The van der Waals surface area contributed by atoms with Crippen molar-refractivity contribution in [3.05, 3.63) is 54.2 Å². The first-order chi connectivity index (χ1) is 18.6. The molecule has 2 aromatic heterocycles. The number of amides is 3. The molecule has 0 spiro atoms. The lowest BCUT2D eigenvalue weighted by Gasteiger charge is -2.25. The van der Waals surface area contributed by atoms with Crippen molar-refractivity contribution in [1.29, 1.82) is 0 Å². The number of nitrogens with zero attached hydrogens (tertiary/aromatic N) is 1. The number of carboxylic acids is 1. The van der Waals surface area contributed by atoms with E-state index in [-0.39, 0.29) is 25.2 Å². The number of aromatic nitrogens is 3. The van der Waals surface area contributed by atoms with Gasteiger partial charge in [0, 0.05) is 41.8 Å². The second-order valence-electron chi connectivity index (χ2n) is 9.78. The van der Waals surface area contributed by atoms with Gasteiger partial charge >= 0.3 is 5.97 Å². The van der Waals surface area contributed by atoms with Gasteiger partial charge in [-0.15, -0.1) is 0 Å². The van der Waals surface area contributed by atoms with Crippen LogP contribution in [0.25, 0.3) is 10.9 Å². The third-order valence-corrected chi connectivity index (χ3v) is 6.20. The number of carbonyl (C=O) groups is 4. The number of carbonyl (C=O) groups excluding carboxylic acids is 3. The fourth-order valence-corrected chi connectivity index (χ4v) is 4.15. The number of aromatic amines is 2. The number of imidazole rings is 1. The largest absolute Gasteiger partial charge is 0.480 e. The fraction of sp³-hybridized carbons (Fsp3) is 0.423. The number of benzene rings is 1. The summed E-state index contributed by atoms with van der Waals surface area (Å²) >= 11 is 0. The van der Waals surface area contributed by atoms with Gasteiger partial charge in [0.1, 0.15) is 24.2 Å². The number of fused-ring (bicyclic) bond motifs is 1. The minimum absolute atomic E-state index is 0.00205. The van der Waals surface area contributed by atoms with Crippen molar-refractivity contribution in [2.75, 3.05) is 6.61 Å². The van der Waals surface area contributed by atoms with E-state index in [1.165, 1.54) is 12.5 Å². The monoisotopic (exact) mass is 541 g/mol. The second-order valence-corrected chi connectivity index (χ2v) is 9.78. The molecule has 2 heterocycles. The van der Waals surface area contributed by atoms with Crippen molar-refractivity contribution in [2.24, 2.45) is 11.7 Å². The zero-order chi connectivity index (χ0) is 28.5. The molecular weight excluding hydrogens is 506 g/mol. The molecule has 0 aliphatic carbocycles. The number of nitrogens with one attached hydrogen (secondary N) is 5. The smallest absolute Gasteiger partial charge is 0.326 e. The number of aliphatic carboxylic acids is 1. The van der Waals surface area contributed by atoms with Crippen LogP contribution in [0.1, 0.15) is 31.5 Å². The van der Waals surface area contributed by atoms with Gasteiger partial charge in [-0.1, -0.05) is 32.0 Å². The van der Waals surface area contributed by atoms with Gasteiger partial charge in [0.25, 0.3) is 0 Å². The summed E-state index contributed by atoms with van der Waals surface area (Å²) in [5.41, 5.74) is 7.72. The molecule has 4 atom stereocenters. The maximum absolute atomic E-state index is 13.5. The van der Waals surface area contributed by atoms with Gasteiger partial charge in [0.2, 0.25) is 17.7 Å². The van der Waals surface area contributed by atoms with Crippen LogP contribution in [0.3, 0.4) is 0 Å². The maximum atomic E-state index is 13.5. The molecule has 13 nitrogen and oxygen atoms in total. The van der Waals surface area contributed by atoms with Gasteiger partial charge in [-0.2, -0.15) is 0 Å². The van der Waals surface area contributed by atoms with Crippen LogP contribution in [0, 0.1) is 5.92 Å². The summed E-state index contributed by atoms with van der Waals surface area (Å²) in [4.78, 5) is 61.0. The molecule has 0 fully saturated rings. The van der Waals surface area contributed by atoms with Gasteiger partial charge < -0.3 is 41.9 Å². The van der Waals surface area contributed by atoms with E-state index in [0.717, 1.165) is 16.5 Å². The second kappa shape index (κ2) is 13.5. The Hall–Kier alpha value is -4.23. The predicted molar refractivity (Wildman–Crippen MR) is 142 cm³/mol. The Morgan fingerprint density at radius 1 is 0.949 bits per heavy atom. The van der Waals surface area contributed by atoms with Crippen LogP contribution in [-0.4, -0.2) is 79.6 Å². The van der Waals surface area contributed by atoms with E-state index in [2.05, 4.69) is 30.9 Å². The highest BCUT2D eigenvalue weighted by Crippen LogP contribution is 2.19. The zero-order valence-corrected chi connectivity index (χ0v) is 21.8. The number of H-pyrrole nitrogens is 2. The van der Waals surface area contributed by atoms with Crippen LogP contribution < -0.4 is 21.7 Å². The van der Waals surface area contributed by atoms with Crippen LogP contribution in [0.4, 0.5) is 0 Å². The molecule has 210 valence electrons. The lowest BCUT2D eigenvalue weighted by molar-refractivity contribution is -0.142. The number of hydrogen-bond acceptors (Lipinski definition) is 7. The summed E-state index contributed by atoms with van der Waals surface area (Å²) in [6.07, 6.45) is 4.88. The topological polar surface area (TPSA) is 215 Å². The number of carboxylic acid groups (broad SMARTS) is 1. The van der Waals surface area contributed by atoms with Crippen LogP contribution in [0.15, 0.2) is 43.0 Å². The fourth-order valence-electron chi connectivity index (χ4n) is 4.15. The average molecular weight is 542 g/mol. The molecule has 0 saturated carbocycles. The first kappa shape index (κ1) is 29.3. The number of aliphatic hydroxyl groups is 1.